The van der Waals surface area contributed by atoms with Crippen LogP contribution in [0.15, 0.2) is 18.2 Å². The third-order valence-electron chi connectivity index (χ3n) is 6.71. The number of aromatic nitrogens is 1. The summed E-state index contributed by atoms with van der Waals surface area (Å²) in [5, 5.41) is 4.86. The number of carbonyl (C=O) groups is 1. The van der Waals surface area contributed by atoms with Crippen LogP contribution in [-0.2, 0) is 12.8 Å². The van der Waals surface area contributed by atoms with Gasteiger partial charge in [-0.1, -0.05) is 24.1 Å². The smallest absolute Gasteiger partial charge is 0.251 e. The Bertz CT molecular complexity index is 887. The van der Waals surface area contributed by atoms with Crippen LogP contribution in [0.3, 0.4) is 0 Å². The SMILES string of the molecule is C[C@@H]1CCC[C@@H](C)N1CCCNC(=O)c1ccc2c(Cl)c3c(nc2c1)CCCC3. The summed E-state index contributed by atoms with van der Waals surface area (Å²) in [7, 11) is 0. The summed E-state index contributed by atoms with van der Waals surface area (Å²) < 4.78 is 0. The Morgan fingerprint density at radius 2 is 1.93 bits per heavy atom. The van der Waals surface area contributed by atoms with Gasteiger partial charge >= 0.3 is 0 Å². The average Bonchev–Trinajstić information content (AvgIpc) is 2.72. The van der Waals surface area contributed by atoms with Gasteiger partial charge in [-0.05, 0) is 76.5 Å². The van der Waals surface area contributed by atoms with Gasteiger partial charge in [0.2, 0.25) is 0 Å². The lowest BCUT2D eigenvalue weighted by molar-refractivity contribution is 0.0925. The zero-order valence-electron chi connectivity index (χ0n) is 17.6. The molecular formula is C24H32ClN3O. The Kier molecular flexibility index (Phi) is 6.41. The molecule has 0 saturated carbocycles. The number of likely N-dealkylation sites (tertiary alicyclic amines) is 1. The first-order valence-corrected chi connectivity index (χ1v) is 11.6. The number of fused-ring (bicyclic) bond motifs is 2. The number of rotatable bonds is 5. The summed E-state index contributed by atoms with van der Waals surface area (Å²) in [6.07, 6.45) is 9.21. The number of nitrogens with one attached hydrogen (secondary N) is 1. The first kappa shape index (κ1) is 20.6. The molecule has 29 heavy (non-hydrogen) atoms. The highest BCUT2D eigenvalue weighted by atomic mass is 35.5. The van der Waals surface area contributed by atoms with E-state index in [0.717, 1.165) is 53.8 Å². The molecule has 0 bridgehead atoms. The van der Waals surface area contributed by atoms with Gasteiger partial charge in [0.15, 0.2) is 0 Å². The number of halogens is 1. The van der Waals surface area contributed by atoms with Crippen LogP contribution >= 0.6 is 11.6 Å². The summed E-state index contributed by atoms with van der Waals surface area (Å²) in [5.41, 5.74) is 3.80. The Morgan fingerprint density at radius 3 is 2.72 bits per heavy atom. The van der Waals surface area contributed by atoms with Crippen molar-refractivity contribution in [3.05, 3.63) is 40.0 Å². The van der Waals surface area contributed by atoms with Crippen LogP contribution in [0, 0.1) is 0 Å². The molecule has 4 rings (SSSR count). The fraction of sp³-hybridized carbons (Fsp3) is 0.583. The van der Waals surface area contributed by atoms with Crippen molar-refractivity contribution in [1.82, 2.24) is 15.2 Å². The Balaban J connectivity index is 1.38. The summed E-state index contributed by atoms with van der Waals surface area (Å²) >= 11 is 6.65. The van der Waals surface area contributed by atoms with E-state index in [1.807, 2.05) is 18.2 Å². The minimum Gasteiger partial charge on any atom is -0.352 e. The van der Waals surface area contributed by atoms with E-state index < -0.39 is 0 Å². The van der Waals surface area contributed by atoms with Crippen molar-refractivity contribution < 1.29 is 4.79 Å². The van der Waals surface area contributed by atoms with Crippen molar-refractivity contribution in [2.24, 2.45) is 0 Å². The predicted octanol–water partition coefficient (Wildman–Crippen LogP) is 5.15. The molecule has 4 nitrogen and oxygen atoms in total. The third kappa shape index (κ3) is 4.44. The molecule has 2 heterocycles. The minimum absolute atomic E-state index is 0.0257. The Labute approximate surface area is 179 Å². The van der Waals surface area contributed by atoms with E-state index in [-0.39, 0.29) is 5.91 Å². The fourth-order valence-electron chi connectivity index (χ4n) is 4.99. The molecule has 1 amide bonds. The summed E-state index contributed by atoms with van der Waals surface area (Å²) in [6, 6.07) is 7.01. The molecule has 1 saturated heterocycles. The molecular weight excluding hydrogens is 382 g/mol. The maximum atomic E-state index is 12.7. The number of pyridine rings is 1. The number of amides is 1. The van der Waals surface area contributed by atoms with Crippen LogP contribution in [0.4, 0.5) is 0 Å². The van der Waals surface area contributed by atoms with E-state index in [0.29, 0.717) is 24.2 Å². The van der Waals surface area contributed by atoms with Crippen molar-refractivity contribution in [2.45, 2.75) is 77.3 Å². The number of hydrogen-bond acceptors (Lipinski definition) is 3. The van der Waals surface area contributed by atoms with Gasteiger partial charge in [-0.25, -0.2) is 0 Å². The van der Waals surface area contributed by atoms with E-state index in [4.69, 9.17) is 16.6 Å². The highest BCUT2D eigenvalue weighted by Crippen LogP contribution is 2.33. The quantitative estimate of drug-likeness (QED) is 0.689. The number of piperidine rings is 1. The van der Waals surface area contributed by atoms with Gasteiger partial charge in [-0.2, -0.15) is 0 Å². The monoisotopic (exact) mass is 413 g/mol. The van der Waals surface area contributed by atoms with E-state index >= 15 is 0 Å². The fourth-order valence-corrected chi connectivity index (χ4v) is 5.35. The third-order valence-corrected chi connectivity index (χ3v) is 7.14. The van der Waals surface area contributed by atoms with Crippen LogP contribution < -0.4 is 5.32 Å². The Hall–Kier alpha value is -1.65. The van der Waals surface area contributed by atoms with Crippen molar-refractivity contribution >= 4 is 28.4 Å². The van der Waals surface area contributed by atoms with E-state index in [9.17, 15) is 4.79 Å². The number of hydrogen-bond donors (Lipinski definition) is 1. The van der Waals surface area contributed by atoms with Gasteiger partial charge in [0.1, 0.15) is 0 Å². The molecule has 1 aromatic heterocycles. The largest absolute Gasteiger partial charge is 0.352 e. The lowest BCUT2D eigenvalue weighted by Gasteiger charge is -2.39. The summed E-state index contributed by atoms with van der Waals surface area (Å²) in [5.74, 6) is -0.0257. The number of carbonyl (C=O) groups excluding carboxylic acids is 1. The van der Waals surface area contributed by atoms with Crippen molar-refractivity contribution in [3.63, 3.8) is 0 Å². The molecule has 0 radical (unpaired) electrons. The highest BCUT2D eigenvalue weighted by molar-refractivity contribution is 6.36. The van der Waals surface area contributed by atoms with Gasteiger partial charge in [-0.15, -0.1) is 0 Å². The molecule has 1 aromatic carbocycles. The number of benzene rings is 1. The Morgan fingerprint density at radius 1 is 1.17 bits per heavy atom. The maximum absolute atomic E-state index is 12.7. The molecule has 1 N–H and O–H groups in total. The molecule has 2 aromatic rings. The van der Waals surface area contributed by atoms with Gasteiger partial charge in [-0.3, -0.25) is 14.7 Å². The second kappa shape index (κ2) is 9.01. The van der Waals surface area contributed by atoms with Crippen LogP contribution in [0.25, 0.3) is 10.9 Å². The number of nitrogens with zero attached hydrogens (tertiary/aromatic N) is 2. The van der Waals surface area contributed by atoms with E-state index in [1.165, 1.54) is 31.2 Å². The number of aryl methyl sites for hydroxylation is 1. The van der Waals surface area contributed by atoms with Crippen LogP contribution in [0.2, 0.25) is 5.02 Å². The van der Waals surface area contributed by atoms with Gasteiger partial charge < -0.3 is 5.32 Å². The molecule has 156 valence electrons. The second-order valence-corrected chi connectivity index (χ2v) is 9.14. The summed E-state index contributed by atoms with van der Waals surface area (Å²) in [4.78, 5) is 20.1. The van der Waals surface area contributed by atoms with Crippen molar-refractivity contribution in [3.8, 4) is 0 Å². The average molecular weight is 414 g/mol. The molecule has 0 spiro atoms. The van der Waals surface area contributed by atoms with Gasteiger partial charge in [0, 0.05) is 41.8 Å². The predicted molar refractivity (Wildman–Crippen MR) is 120 cm³/mol. The lowest BCUT2D eigenvalue weighted by Crippen LogP contribution is -2.44. The van der Waals surface area contributed by atoms with Gasteiger partial charge in [0.05, 0.1) is 10.5 Å². The molecule has 2 aliphatic rings. The molecule has 5 heteroatoms. The standard InChI is InChI=1S/C24H32ClN3O/c1-16-7-5-8-17(2)28(16)14-6-13-26-24(29)18-11-12-20-22(15-18)27-21-10-4-3-9-19(21)23(20)25/h11-12,15-17H,3-10,13-14H2,1-2H3,(H,26,29)/t16-,17-/m1/s1. The van der Waals surface area contributed by atoms with E-state index in [1.54, 1.807) is 0 Å². The first-order valence-electron chi connectivity index (χ1n) is 11.2. The van der Waals surface area contributed by atoms with Gasteiger partial charge in [0.25, 0.3) is 5.91 Å². The zero-order valence-corrected chi connectivity index (χ0v) is 18.4. The van der Waals surface area contributed by atoms with Crippen LogP contribution in [0.5, 0.6) is 0 Å². The van der Waals surface area contributed by atoms with Crippen LogP contribution in [0.1, 0.15) is 74.0 Å². The minimum atomic E-state index is -0.0257. The van der Waals surface area contributed by atoms with Crippen molar-refractivity contribution in [1.29, 1.82) is 0 Å². The summed E-state index contributed by atoms with van der Waals surface area (Å²) in [6.45, 7) is 6.38. The normalized spacial score (nSPS) is 22.4. The second-order valence-electron chi connectivity index (χ2n) is 8.77. The van der Waals surface area contributed by atoms with Crippen LogP contribution in [-0.4, -0.2) is 41.0 Å². The molecule has 2 atom stereocenters. The zero-order chi connectivity index (χ0) is 20.4. The molecule has 1 aliphatic carbocycles. The molecule has 1 fully saturated rings. The molecule has 1 aliphatic heterocycles. The highest BCUT2D eigenvalue weighted by Gasteiger charge is 2.24. The van der Waals surface area contributed by atoms with Crippen molar-refractivity contribution in [2.75, 3.05) is 13.1 Å². The first-order chi connectivity index (χ1) is 14.0. The lowest BCUT2D eigenvalue weighted by atomic mass is 9.94. The molecule has 0 unspecified atom stereocenters. The maximum Gasteiger partial charge on any atom is 0.251 e. The van der Waals surface area contributed by atoms with E-state index in [2.05, 4.69) is 24.1 Å². The topological polar surface area (TPSA) is 45.2 Å².